The van der Waals surface area contributed by atoms with Gasteiger partial charge in [0, 0.05) is 32.4 Å². The lowest BCUT2D eigenvalue weighted by Gasteiger charge is -2.28. The first-order valence-corrected chi connectivity index (χ1v) is 8.74. The highest BCUT2D eigenvalue weighted by molar-refractivity contribution is 6.09. The van der Waals surface area contributed by atoms with Gasteiger partial charge in [-0.15, -0.1) is 0 Å². The van der Waals surface area contributed by atoms with Crippen LogP contribution in [0.15, 0.2) is 24.3 Å². The minimum Gasteiger partial charge on any atom is -0.468 e. The molecule has 3 rings (SSSR count). The number of ether oxygens (including phenoxy) is 1. The topological polar surface area (TPSA) is 79.0 Å². The number of benzene rings is 1. The highest BCUT2D eigenvalue weighted by Crippen LogP contribution is 2.49. The summed E-state index contributed by atoms with van der Waals surface area (Å²) in [6.45, 7) is 3.71. The van der Waals surface area contributed by atoms with Crippen LogP contribution in [0.4, 0.5) is 5.69 Å². The molecule has 140 valence electrons. The second-order valence-electron chi connectivity index (χ2n) is 7.23. The minimum absolute atomic E-state index is 0.232. The Bertz CT molecular complexity index is 746. The lowest BCUT2D eigenvalue weighted by Crippen LogP contribution is -2.53. The fourth-order valence-electron chi connectivity index (χ4n) is 4.18. The molecule has 2 heterocycles. The molecule has 7 nitrogen and oxygen atoms in total. The van der Waals surface area contributed by atoms with E-state index in [4.69, 9.17) is 4.74 Å². The van der Waals surface area contributed by atoms with Crippen LogP contribution >= 0.6 is 0 Å². The molecule has 0 aromatic heterocycles. The van der Waals surface area contributed by atoms with E-state index in [0.717, 1.165) is 11.3 Å². The van der Waals surface area contributed by atoms with Gasteiger partial charge in [-0.1, -0.05) is 12.1 Å². The molecule has 1 N–H and O–H groups in total. The quantitative estimate of drug-likeness (QED) is 0.637. The summed E-state index contributed by atoms with van der Waals surface area (Å²) in [4.78, 5) is 41.4. The summed E-state index contributed by atoms with van der Waals surface area (Å²) >= 11 is 0. The molecule has 0 spiro atoms. The van der Waals surface area contributed by atoms with Crippen molar-refractivity contribution in [2.75, 3.05) is 32.6 Å². The summed E-state index contributed by atoms with van der Waals surface area (Å²) in [5, 5.41) is 3.23. The smallest absolute Gasteiger partial charge is 0.326 e. The van der Waals surface area contributed by atoms with Crippen LogP contribution in [-0.2, 0) is 19.1 Å². The molecular formula is C19H25N3O4. The predicted molar refractivity (Wildman–Crippen MR) is 96.4 cm³/mol. The third-order valence-electron chi connectivity index (χ3n) is 5.57. The molecule has 0 aliphatic carbocycles. The van der Waals surface area contributed by atoms with Crippen LogP contribution in [0.3, 0.4) is 0 Å². The first kappa shape index (κ1) is 18.4. The largest absolute Gasteiger partial charge is 0.468 e. The van der Waals surface area contributed by atoms with Crippen molar-refractivity contribution >= 4 is 23.5 Å². The first-order chi connectivity index (χ1) is 12.3. The molecule has 1 aromatic carbocycles. The van der Waals surface area contributed by atoms with E-state index in [1.807, 2.05) is 43.3 Å². The Balaban J connectivity index is 2.05. The number of likely N-dealkylation sites (tertiary alicyclic amines) is 1. The van der Waals surface area contributed by atoms with Gasteiger partial charge < -0.3 is 9.64 Å². The molecule has 2 amide bonds. The van der Waals surface area contributed by atoms with E-state index < -0.39 is 29.4 Å². The van der Waals surface area contributed by atoms with Gasteiger partial charge in [0.1, 0.15) is 5.54 Å². The van der Waals surface area contributed by atoms with E-state index in [-0.39, 0.29) is 11.8 Å². The number of esters is 1. The van der Waals surface area contributed by atoms with Crippen molar-refractivity contribution in [3.8, 4) is 0 Å². The molecule has 2 fully saturated rings. The van der Waals surface area contributed by atoms with Gasteiger partial charge in [-0.05, 0) is 31.5 Å². The second kappa shape index (κ2) is 6.39. The summed E-state index contributed by atoms with van der Waals surface area (Å²) in [5.41, 5.74) is 0.668. The van der Waals surface area contributed by atoms with Crippen LogP contribution in [0.25, 0.3) is 0 Å². The maximum Gasteiger partial charge on any atom is 0.326 e. The summed E-state index contributed by atoms with van der Waals surface area (Å²) in [6, 6.07) is 7.35. The molecule has 2 aliphatic rings. The third-order valence-corrected chi connectivity index (χ3v) is 5.57. The number of anilines is 1. The van der Waals surface area contributed by atoms with Crippen LogP contribution in [-0.4, -0.2) is 56.0 Å². The number of hydrogen-bond donors (Lipinski definition) is 1. The fraction of sp³-hybridized carbons (Fsp3) is 0.526. The van der Waals surface area contributed by atoms with Crippen LogP contribution in [0, 0.1) is 11.8 Å². The number of methoxy groups -OCH3 is 1. The number of carbonyl (C=O) groups excluding carboxylic acids is 3. The van der Waals surface area contributed by atoms with Crippen LogP contribution in [0.5, 0.6) is 0 Å². The number of carbonyl (C=O) groups is 3. The van der Waals surface area contributed by atoms with Gasteiger partial charge in [0.05, 0.1) is 18.9 Å². The first-order valence-electron chi connectivity index (χ1n) is 8.74. The van der Waals surface area contributed by atoms with Crippen LogP contribution < -0.4 is 10.2 Å². The Morgan fingerprint density at radius 3 is 2.35 bits per heavy atom. The Hall–Kier alpha value is -2.41. The van der Waals surface area contributed by atoms with E-state index >= 15 is 0 Å². The Morgan fingerprint density at radius 2 is 1.85 bits per heavy atom. The van der Waals surface area contributed by atoms with E-state index in [0.29, 0.717) is 6.54 Å². The number of rotatable bonds is 4. The molecule has 2 aliphatic heterocycles. The molecule has 1 aromatic rings. The van der Waals surface area contributed by atoms with Gasteiger partial charge in [-0.25, -0.2) is 0 Å². The highest BCUT2D eigenvalue weighted by Gasteiger charge is 2.66. The standard InChI is InChI=1S/C19H25N3O4/c1-6-22-16(23)13-14(17(22)24)19(2,18(25)26-5)20-15(13)11-7-9-12(10-8-11)21(3)4/h7-10,13-15,20H,6H2,1-5H3/t13-,14-,15-,19+/m0/s1. The minimum atomic E-state index is -1.24. The Morgan fingerprint density at radius 1 is 1.23 bits per heavy atom. The van der Waals surface area contributed by atoms with E-state index in [2.05, 4.69) is 5.32 Å². The van der Waals surface area contributed by atoms with Gasteiger partial charge in [0.15, 0.2) is 0 Å². The van der Waals surface area contributed by atoms with Gasteiger partial charge >= 0.3 is 5.97 Å². The summed E-state index contributed by atoms with van der Waals surface area (Å²) in [6.07, 6.45) is 0. The zero-order valence-electron chi connectivity index (χ0n) is 15.8. The number of amides is 2. The Labute approximate surface area is 153 Å². The fourth-order valence-corrected chi connectivity index (χ4v) is 4.18. The highest BCUT2D eigenvalue weighted by atomic mass is 16.5. The molecule has 2 saturated heterocycles. The lowest BCUT2D eigenvalue weighted by atomic mass is 9.80. The predicted octanol–water partition coefficient (Wildman–Crippen LogP) is 0.950. The van der Waals surface area contributed by atoms with Crippen molar-refractivity contribution in [2.45, 2.75) is 25.4 Å². The summed E-state index contributed by atoms with van der Waals surface area (Å²) < 4.78 is 4.94. The number of imide groups is 1. The van der Waals surface area contributed by atoms with Crippen LogP contribution in [0.2, 0.25) is 0 Å². The molecule has 0 bridgehead atoms. The van der Waals surface area contributed by atoms with Gasteiger partial charge in [-0.2, -0.15) is 0 Å². The Kier molecular flexibility index (Phi) is 4.52. The van der Waals surface area contributed by atoms with E-state index in [1.165, 1.54) is 12.0 Å². The number of nitrogens with zero attached hydrogens (tertiary/aromatic N) is 2. The average Bonchev–Trinajstić information content (AvgIpc) is 3.08. The van der Waals surface area contributed by atoms with Crippen LogP contribution in [0.1, 0.15) is 25.5 Å². The number of hydrogen-bond acceptors (Lipinski definition) is 6. The van der Waals surface area contributed by atoms with Crippen molar-refractivity contribution in [1.29, 1.82) is 0 Å². The average molecular weight is 359 g/mol. The maximum absolute atomic E-state index is 12.9. The van der Waals surface area contributed by atoms with Crippen molar-refractivity contribution in [1.82, 2.24) is 10.2 Å². The van der Waals surface area contributed by atoms with Crippen molar-refractivity contribution in [2.24, 2.45) is 11.8 Å². The second-order valence-corrected chi connectivity index (χ2v) is 7.23. The molecule has 0 unspecified atom stereocenters. The SMILES string of the molecule is CCN1C(=O)[C@H]2[C@@H](C1=O)[C@](C)(C(=O)OC)N[C@H]2c1ccc(N(C)C)cc1. The molecule has 26 heavy (non-hydrogen) atoms. The van der Waals surface area contributed by atoms with Crippen molar-refractivity contribution in [3.63, 3.8) is 0 Å². The zero-order chi connectivity index (χ0) is 19.2. The van der Waals surface area contributed by atoms with E-state index in [1.54, 1.807) is 13.8 Å². The summed E-state index contributed by atoms with van der Waals surface area (Å²) in [7, 11) is 5.19. The zero-order valence-corrected chi connectivity index (χ0v) is 15.8. The number of fused-ring (bicyclic) bond motifs is 1. The molecule has 0 radical (unpaired) electrons. The maximum atomic E-state index is 12.9. The lowest BCUT2D eigenvalue weighted by molar-refractivity contribution is -0.153. The van der Waals surface area contributed by atoms with Crippen molar-refractivity contribution in [3.05, 3.63) is 29.8 Å². The molecule has 0 saturated carbocycles. The molecule has 7 heteroatoms. The molecule has 4 atom stereocenters. The van der Waals surface area contributed by atoms with Gasteiger partial charge in [0.2, 0.25) is 11.8 Å². The van der Waals surface area contributed by atoms with E-state index in [9.17, 15) is 14.4 Å². The van der Waals surface area contributed by atoms with Gasteiger partial charge in [-0.3, -0.25) is 24.6 Å². The van der Waals surface area contributed by atoms with Crippen molar-refractivity contribution < 1.29 is 19.1 Å². The summed E-state index contributed by atoms with van der Waals surface area (Å²) in [5.74, 6) is -2.45. The normalized spacial score (nSPS) is 30.5. The van der Waals surface area contributed by atoms with Gasteiger partial charge in [0.25, 0.3) is 0 Å². The monoisotopic (exact) mass is 359 g/mol. The molecular weight excluding hydrogens is 334 g/mol. The number of nitrogens with one attached hydrogen (secondary N) is 1. The third kappa shape index (κ3) is 2.49.